The summed E-state index contributed by atoms with van der Waals surface area (Å²) < 4.78 is 6.18. The van der Waals surface area contributed by atoms with E-state index in [0.717, 1.165) is 27.6 Å². The third-order valence-electron chi connectivity index (χ3n) is 4.54. The van der Waals surface area contributed by atoms with Gasteiger partial charge in [0.15, 0.2) is 0 Å². The number of benzene rings is 3. The van der Waals surface area contributed by atoms with Gasteiger partial charge in [0.25, 0.3) is 5.95 Å². The van der Waals surface area contributed by atoms with Crippen LogP contribution in [0.2, 0.25) is 0 Å². The molecule has 3 aromatic carbocycles. The molecule has 27 heavy (non-hydrogen) atoms. The highest BCUT2D eigenvalue weighted by Gasteiger charge is 2.11. The number of tetrazole rings is 1. The van der Waals surface area contributed by atoms with Crippen LogP contribution in [0.3, 0.4) is 0 Å². The molecule has 0 amide bonds. The molecule has 0 unspecified atom stereocenters. The lowest BCUT2D eigenvalue weighted by atomic mass is 10.0. The number of anilines is 1. The van der Waals surface area contributed by atoms with Crippen molar-refractivity contribution in [2.24, 2.45) is 0 Å². The number of nitrogens with two attached hydrogens (primary N) is 1. The number of nitrogens with zero attached hydrogens (tertiary/aromatic N) is 4. The van der Waals surface area contributed by atoms with E-state index < -0.39 is 0 Å². The number of fused-ring (bicyclic) bond motifs is 1. The van der Waals surface area contributed by atoms with Gasteiger partial charge in [0.05, 0.1) is 6.54 Å². The van der Waals surface area contributed by atoms with E-state index >= 15 is 0 Å². The van der Waals surface area contributed by atoms with Crippen LogP contribution in [-0.2, 0) is 13.2 Å². The van der Waals surface area contributed by atoms with Crippen molar-refractivity contribution < 1.29 is 4.74 Å². The van der Waals surface area contributed by atoms with Gasteiger partial charge in [-0.05, 0) is 45.3 Å². The Hall–Kier alpha value is -3.61. The van der Waals surface area contributed by atoms with Crippen molar-refractivity contribution in [2.45, 2.75) is 20.1 Å². The summed E-state index contributed by atoms with van der Waals surface area (Å²) in [7, 11) is 0. The maximum absolute atomic E-state index is 6.18. The smallest absolute Gasteiger partial charge is 0.260 e. The predicted octanol–water partition coefficient (Wildman–Crippen LogP) is 3.04. The molecule has 0 fully saturated rings. The molecule has 4 rings (SSSR count). The van der Waals surface area contributed by atoms with E-state index in [1.807, 2.05) is 30.3 Å². The van der Waals surface area contributed by atoms with Gasteiger partial charge in [-0.25, -0.2) is 0 Å². The monoisotopic (exact) mass is 360 g/mol. The summed E-state index contributed by atoms with van der Waals surface area (Å²) in [6.45, 7) is 3.06. The molecule has 0 spiro atoms. The van der Waals surface area contributed by atoms with Gasteiger partial charge in [-0.15, -0.1) is 4.79 Å². The fraction of sp³-hybridized carbons (Fsp3) is 0.150. The van der Waals surface area contributed by atoms with E-state index in [0.29, 0.717) is 13.2 Å². The summed E-state index contributed by atoms with van der Waals surface area (Å²) in [6.07, 6.45) is 0. The second-order valence-electron chi connectivity index (χ2n) is 6.26. The highest BCUT2D eigenvalue weighted by atomic mass is 16.5. The van der Waals surface area contributed by atoms with Crippen LogP contribution in [0, 0.1) is 6.92 Å². The summed E-state index contributed by atoms with van der Waals surface area (Å²) in [6, 6.07) is 20.5. The molecule has 0 radical (unpaired) electrons. The molecule has 7 heteroatoms. The number of nitrogens with one attached hydrogen (secondary N) is 1. The second kappa shape index (κ2) is 7.33. The third-order valence-corrected chi connectivity index (χ3v) is 4.54. The topological polar surface area (TPSA) is 90.9 Å². The lowest BCUT2D eigenvalue weighted by Crippen LogP contribution is -2.19. The largest absolute Gasteiger partial charge is 0.489 e. The number of nitrogen functional groups attached to an aromatic ring is 1. The van der Waals surface area contributed by atoms with Crippen LogP contribution < -0.4 is 15.9 Å². The Kier molecular flexibility index (Phi) is 4.57. The maximum Gasteiger partial charge on any atom is 0.260 e. The Bertz CT molecular complexity index is 1070. The van der Waals surface area contributed by atoms with E-state index in [1.165, 1.54) is 10.4 Å². The van der Waals surface area contributed by atoms with E-state index in [9.17, 15) is 0 Å². The zero-order valence-electron chi connectivity index (χ0n) is 15.0. The summed E-state index contributed by atoms with van der Waals surface area (Å²) >= 11 is 0. The lowest BCUT2D eigenvalue weighted by Gasteiger charge is -2.16. The highest BCUT2D eigenvalue weighted by Crippen LogP contribution is 2.29. The van der Waals surface area contributed by atoms with Crippen LogP contribution in [0.4, 0.5) is 5.95 Å². The zero-order chi connectivity index (χ0) is 18.6. The number of ether oxygens (including phenoxy) is 1. The molecule has 0 aliphatic carbocycles. The third kappa shape index (κ3) is 3.52. The van der Waals surface area contributed by atoms with Crippen molar-refractivity contribution in [3.05, 3.63) is 77.4 Å². The molecule has 1 aromatic heterocycles. The number of aryl methyl sites for hydroxylation is 1. The Labute approximate surface area is 156 Å². The predicted molar refractivity (Wildman–Crippen MR) is 105 cm³/mol. The number of hydrogen-bond acceptors (Lipinski definition) is 6. The molecule has 0 aliphatic rings. The van der Waals surface area contributed by atoms with Crippen molar-refractivity contribution in [3.8, 4) is 5.75 Å². The normalized spacial score (nSPS) is 10.9. The molecule has 0 saturated heterocycles. The highest BCUT2D eigenvalue weighted by molar-refractivity contribution is 5.87. The Morgan fingerprint density at radius 2 is 1.85 bits per heavy atom. The molecule has 4 aromatic rings. The van der Waals surface area contributed by atoms with Crippen LogP contribution >= 0.6 is 0 Å². The molecule has 1 heterocycles. The Morgan fingerprint density at radius 3 is 2.67 bits per heavy atom. The van der Waals surface area contributed by atoms with E-state index in [4.69, 9.17) is 10.5 Å². The fourth-order valence-corrected chi connectivity index (χ4v) is 3.02. The lowest BCUT2D eigenvalue weighted by molar-refractivity contribution is 0.303. The van der Waals surface area contributed by atoms with Crippen LogP contribution in [0.25, 0.3) is 10.8 Å². The van der Waals surface area contributed by atoms with Gasteiger partial charge in [0.2, 0.25) is 0 Å². The van der Waals surface area contributed by atoms with Crippen LogP contribution in [-0.4, -0.2) is 20.3 Å². The second-order valence-corrected chi connectivity index (χ2v) is 6.26. The van der Waals surface area contributed by atoms with Crippen molar-refractivity contribution >= 4 is 16.7 Å². The van der Waals surface area contributed by atoms with Gasteiger partial charge in [0.1, 0.15) is 12.4 Å². The van der Waals surface area contributed by atoms with Gasteiger partial charge >= 0.3 is 0 Å². The first kappa shape index (κ1) is 16.8. The first-order valence-electron chi connectivity index (χ1n) is 8.68. The molecule has 0 aliphatic heterocycles. The molecular formula is C20H20N6O. The van der Waals surface area contributed by atoms with Gasteiger partial charge in [-0.3, -0.25) is 0 Å². The number of rotatable bonds is 6. The average molecular weight is 360 g/mol. The zero-order valence-corrected chi connectivity index (χ0v) is 15.0. The summed E-state index contributed by atoms with van der Waals surface area (Å²) in [4.78, 5) is 1.35. The van der Waals surface area contributed by atoms with Crippen molar-refractivity contribution in [1.29, 1.82) is 0 Å². The summed E-state index contributed by atoms with van der Waals surface area (Å²) in [5, 5.41) is 13.3. The van der Waals surface area contributed by atoms with Crippen molar-refractivity contribution in [3.63, 3.8) is 0 Å². The first-order valence-corrected chi connectivity index (χ1v) is 8.68. The summed E-state index contributed by atoms with van der Waals surface area (Å²) in [5.74, 6) is 1.02. The Morgan fingerprint density at radius 1 is 1.04 bits per heavy atom. The van der Waals surface area contributed by atoms with E-state index in [2.05, 4.69) is 58.2 Å². The molecule has 0 bridgehead atoms. The first-order chi connectivity index (χ1) is 13.2. The molecule has 136 valence electrons. The number of aromatic nitrogens is 4. The van der Waals surface area contributed by atoms with Crippen LogP contribution in [0.15, 0.2) is 60.7 Å². The maximum atomic E-state index is 6.18. The van der Waals surface area contributed by atoms with Gasteiger partial charge in [0, 0.05) is 5.56 Å². The van der Waals surface area contributed by atoms with Crippen molar-refractivity contribution in [2.75, 3.05) is 11.2 Å². The fourth-order valence-electron chi connectivity index (χ4n) is 3.02. The summed E-state index contributed by atoms with van der Waals surface area (Å²) in [5.41, 5.74) is 12.3. The molecule has 0 saturated carbocycles. The quantitative estimate of drug-likeness (QED) is 0.549. The molecule has 0 atom stereocenters. The minimum Gasteiger partial charge on any atom is -0.489 e. The Balaban J connectivity index is 1.64. The van der Waals surface area contributed by atoms with E-state index in [-0.39, 0.29) is 5.95 Å². The van der Waals surface area contributed by atoms with Gasteiger partial charge < -0.3 is 15.9 Å². The molecule has 3 N–H and O–H groups in total. The SMILES string of the molecule is Cc1ccccc1COc1ccc2ccccc2c1CNn1nnnc1N. The average Bonchev–Trinajstić information content (AvgIpc) is 3.10. The number of hydrogen-bond donors (Lipinski definition) is 2. The van der Waals surface area contributed by atoms with Crippen LogP contribution in [0.1, 0.15) is 16.7 Å². The molecular weight excluding hydrogens is 340 g/mol. The standard InChI is InChI=1S/C20H20N6O/c1-14-6-2-3-8-16(14)13-27-19-11-10-15-7-4-5-9-17(15)18(19)12-22-26-20(21)23-24-25-26/h2-11,22H,12-13H2,1H3,(H2,21,23,25). The minimum atomic E-state index is 0.206. The van der Waals surface area contributed by atoms with Gasteiger partial charge in [-0.2, -0.15) is 0 Å². The molecule has 7 nitrogen and oxygen atoms in total. The van der Waals surface area contributed by atoms with Gasteiger partial charge in [-0.1, -0.05) is 59.7 Å². The van der Waals surface area contributed by atoms with Crippen molar-refractivity contribution in [1.82, 2.24) is 20.3 Å². The minimum absolute atomic E-state index is 0.206. The van der Waals surface area contributed by atoms with E-state index in [1.54, 1.807) is 0 Å². The van der Waals surface area contributed by atoms with Crippen LogP contribution in [0.5, 0.6) is 5.75 Å².